The molecule has 20 heavy (non-hydrogen) atoms. The zero-order valence-corrected chi connectivity index (χ0v) is 11.1. The summed E-state index contributed by atoms with van der Waals surface area (Å²) < 4.78 is 13.9. The van der Waals surface area contributed by atoms with Gasteiger partial charge in [-0.05, 0) is 31.7 Å². The summed E-state index contributed by atoms with van der Waals surface area (Å²) in [4.78, 5) is 22.0. The minimum atomic E-state index is -0.743. The maximum atomic E-state index is 13.9. The second-order valence-corrected chi connectivity index (χ2v) is 5.28. The van der Waals surface area contributed by atoms with Gasteiger partial charge in [0.25, 0.3) is 11.6 Å². The van der Waals surface area contributed by atoms with Crippen LogP contribution in [-0.2, 0) is 0 Å². The van der Waals surface area contributed by atoms with Crippen LogP contribution < -0.4 is 11.1 Å². The number of carbonyl (C=O) groups is 1. The molecule has 0 atom stereocenters. The van der Waals surface area contributed by atoms with Gasteiger partial charge in [-0.1, -0.05) is 0 Å². The number of nitro benzene ring substituents is 1. The largest absolute Gasteiger partial charge is 0.350 e. The molecule has 0 radical (unpaired) electrons. The Balaban J connectivity index is 2.18. The van der Waals surface area contributed by atoms with Crippen LogP contribution in [0.5, 0.6) is 0 Å². The number of halogens is 1. The van der Waals surface area contributed by atoms with Gasteiger partial charge in [-0.15, -0.1) is 0 Å². The Labute approximate surface area is 115 Å². The number of nitrogens with two attached hydrogens (primary N) is 1. The SMILES string of the molecule is Cc1cc([N+](=O)[O-])cc(C(=O)NCC2(N)CCC2)c1F. The van der Waals surface area contributed by atoms with Crippen LogP contribution in [0, 0.1) is 22.9 Å². The van der Waals surface area contributed by atoms with Crippen molar-refractivity contribution in [2.75, 3.05) is 6.54 Å². The molecule has 3 N–H and O–H groups in total. The molecule has 1 fully saturated rings. The van der Waals surface area contributed by atoms with Gasteiger partial charge >= 0.3 is 0 Å². The smallest absolute Gasteiger partial charge is 0.270 e. The van der Waals surface area contributed by atoms with Crippen molar-refractivity contribution >= 4 is 11.6 Å². The van der Waals surface area contributed by atoms with Gasteiger partial charge in [-0.2, -0.15) is 0 Å². The van der Waals surface area contributed by atoms with Crippen LogP contribution in [0.1, 0.15) is 35.2 Å². The number of carbonyl (C=O) groups excluding carboxylic acids is 1. The van der Waals surface area contributed by atoms with Crippen LogP contribution in [0.25, 0.3) is 0 Å². The lowest BCUT2D eigenvalue weighted by atomic mass is 9.78. The van der Waals surface area contributed by atoms with Crippen LogP contribution in [0.2, 0.25) is 0 Å². The molecule has 0 spiro atoms. The van der Waals surface area contributed by atoms with Gasteiger partial charge < -0.3 is 11.1 Å². The van der Waals surface area contributed by atoms with Crippen LogP contribution in [0.15, 0.2) is 12.1 Å². The monoisotopic (exact) mass is 281 g/mol. The van der Waals surface area contributed by atoms with Crippen LogP contribution in [0.4, 0.5) is 10.1 Å². The summed E-state index contributed by atoms with van der Waals surface area (Å²) in [7, 11) is 0. The normalized spacial score (nSPS) is 16.4. The number of rotatable bonds is 4. The molecule has 0 saturated heterocycles. The molecule has 108 valence electrons. The fourth-order valence-corrected chi connectivity index (χ4v) is 2.18. The Morgan fingerprint density at radius 3 is 2.70 bits per heavy atom. The van der Waals surface area contributed by atoms with Crippen LogP contribution >= 0.6 is 0 Å². The number of nitrogens with zero attached hydrogens (tertiary/aromatic N) is 1. The minimum Gasteiger partial charge on any atom is -0.350 e. The molecule has 7 heteroatoms. The molecule has 0 bridgehead atoms. The van der Waals surface area contributed by atoms with Crippen molar-refractivity contribution < 1.29 is 14.1 Å². The van der Waals surface area contributed by atoms with Gasteiger partial charge in [-0.25, -0.2) is 4.39 Å². The first-order valence-electron chi connectivity index (χ1n) is 6.34. The molecular weight excluding hydrogens is 265 g/mol. The van der Waals surface area contributed by atoms with E-state index in [2.05, 4.69) is 5.32 Å². The molecule has 1 amide bonds. The number of non-ortho nitro benzene ring substituents is 1. The highest BCUT2D eigenvalue weighted by Crippen LogP contribution is 2.28. The number of hydrogen-bond acceptors (Lipinski definition) is 4. The van der Waals surface area contributed by atoms with E-state index in [1.54, 1.807) is 0 Å². The highest BCUT2D eigenvalue weighted by atomic mass is 19.1. The molecule has 0 aliphatic heterocycles. The quantitative estimate of drug-likeness (QED) is 0.647. The summed E-state index contributed by atoms with van der Waals surface area (Å²) in [6, 6.07) is 2.05. The molecule has 1 aromatic carbocycles. The summed E-state index contributed by atoms with van der Waals surface area (Å²) in [6.45, 7) is 1.63. The first-order valence-corrected chi connectivity index (χ1v) is 6.34. The third kappa shape index (κ3) is 2.77. The van der Waals surface area contributed by atoms with Crippen molar-refractivity contribution in [1.29, 1.82) is 0 Å². The van der Waals surface area contributed by atoms with Gasteiger partial charge in [0.15, 0.2) is 0 Å². The molecule has 1 aromatic rings. The second kappa shape index (κ2) is 5.16. The van der Waals surface area contributed by atoms with Crippen LogP contribution in [0.3, 0.4) is 0 Å². The zero-order chi connectivity index (χ0) is 14.9. The summed E-state index contributed by atoms with van der Waals surface area (Å²) in [5.41, 5.74) is 4.97. The zero-order valence-electron chi connectivity index (χ0n) is 11.1. The Bertz CT molecular complexity index is 570. The predicted octanol–water partition coefficient (Wildman–Crippen LogP) is 1.65. The van der Waals surface area contributed by atoms with E-state index in [4.69, 9.17) is 5.73 Å². The number of nitro groups is 1. The molecular formula is C13H16FN3O3. The average molecular weight is 281 g/mol. The maximum absolute atomic E-state index is 13.9. The molecule has 0 aromatic heterocycles. The molecule has 1 aliphatic carbocycles. The number of amides is 1. The summed E-state index contributed by atoms with van der Waals surface area (Å²) in [6.07, 6.45) is 2.63. The van der Waals surface area contributed by atoms with E-state index in [0.29, 0.717) is 0 Å². The lowest BCUT2D eigenvalue weighted by Crippen LogP contribution is -2.55. The Hall–Kier alpha value is -2.02. The van der Waals surface area contributed by atoms with E-state index in [1.165, 1.54) is 6.92 Å². The van der Waals surface area contributed by atoms with E-state index in [9.17, 15) is 19.3 Å². The molecule has 0 unspecified atom stereocenters. The average Bonchev–Trinajstić information content (AvgIpc) is 2.36. The fourth-order valence-electron chi connectivity index (χ4n) is 2.18. The molecule has 0 heterocycles. The Morgan fingerprint density at radius 1 is 1.55 bits per heavy atom. The molecule has 6 nitrogen and oxygen atoms in total. The number of benzene rings is 1. The van der Waals surface area contributed by atoms with Crippen molar-refractivity contribution in [3.8, 4) is 0 Å². The second-order valence-electron chi connectivity index (χ2n) is 5.28. The predicted molar refractivity (Wildman–Crippen MR) is 70.9 cm³/mol. The van der Waals surface area contributed by atoms with Gasteiger partial charge in [-0.3, -0.25) is 14.9 Å². The van der Waals surface area contributed by atoms with Gasteiger partial charge in [0, 0.05) is 24.2 Å². The number of nitrogens with one attached hydrogen (secondary N) is 1. The van der Waals surface area contributed by atoms with Crippen molar-refractivity contribution in [2.45, 2.75) is 31.7 Å². The van der Waals surface area contributed by atoms with Gasteiger partial charge in [0.2, 0.25) is 0 Å². The lowest BCUT2D eigenvalue weighted by Gasteiger charge is -2.38. The van der Waals surface area contributed by atoms with E-state index < -0.39 is 22.2 Å². The summed E-state index contributed by atoms with van der Waals surface area (Å²) >= 11 is 0. The molecule has 1 saturated carbocycles. The first-order chi connectivity index (χ1) is 9.32. The van der Waals surface area contributed by atoms with E-state index in [0.717, 1.165) is 31.4 Å². The fraction of sp³-hybridized carbons (Fsp3) is 0.462. The molecule has 2 rings (SSSR count). The number of aryl methyl sites for hydroxylation is 1. The van der Waals surface area contributed by atoms with E-state index >= 15 is 0 Å². The Morgan fingerprint density at radius 2 is 2.20 bits per heavy atom. The summed E-state index contributed by atoms with van der Waals surface area (Å²) in [5.74, 6) is -1.42. The first kappa shape index (κ1) is 14.4. The standard InChI is InChI=1S/C13H16FN3O3/c1-8-5-9(17(19)20)6-10(11(8)14)12(18)16-7-13(15)3-2-4-13/h5-6H,2-4,7,15H2,1H3,(H,16,18). The van der Waals surface area contributed by atoms with Crippen molar-refractivity contribution in [3.63, 3.8) is 0 Å². The lowest BCUT2D eigenvalue weighted by molar-refractivity contribution is -0.385. The minimum absolute atomic E-state index is 0.0652. The maximum Gasteiger partial charge on any atom is 0.270 e. The van der Waals surface area contributed by atoms with Gasteiger partial charge in [0.05, 0.1) is 10.5 Å². The topological polar surface area (TPSA) is 98.3 Å². The third-order valence-electron chi connectivity index (χ3n) is 3.65. The Kier molecular flexibility index (Phi) is 3.71. The summed E-state index contributed by atoms with van der Waals surface area (Å²) in [5, 5.41) is 13.3. The van der Waals surface area contributed by atoms with E-state index in [-0.39, 0.29) is 23.4 Å². The van der Waals surface area contributed by atoms with Crippen molar-refractivity contribution in [3.05, 3.63) is 39.2 Å². The number of hydrogen-bond donors (Lipinski definition) is 2. The third-order valence-corrected chi connectivity index (χ3v) is 3.65. The van der Waals surface area contributed by atoms with Crippen molar-refractivity contribution in [2.24, 2.45) is 5.73 Å². The highest BCUT2D eigenvalue weighted by molar-refractivity contribution is 5.95. The van der Waals surface area contributed by atoms with E-state index in [1.807, 2.05) is 0 Å². The van der Waals surface area contributed by atoms with Crippen LogP contribution in [-0.4, -0.2) is 22.9 Å². The van der Waals surface area contributed by atoms with Gasteiger partial charge in [0.1, 0.15) is 5.82 Å². The molecule has 1 aliphatic rings. The van der Waals surface area contributed by atoms with Crippen molar-refractivity contribution in [1.82, 2.24) is 5.32 Å². The highest BCUT2D eigenvalue weighted by Gasteiger charge is 2.33.